The molecule has 32 heavy (non-hydrogen) atoms. The van der Waals surface area contributed by atoms with E-state index in [1.165, 1.54) is 0 Å². The third-order valence-corrected chi connectivity index (χ3v) is 5.61. The van der Waals surface area contributed by atoms with Crippen molar-refractivity contribution in [2.45, 2.75) is 20.0 Å². The van der Waals surface area contributed by atoms with Crippen molar-refractivity contribution < 1.29 is 23.9 Å². The van der Waals surface area contributed by atoms with Gasteiger partial charge in [-0.1, -0.05) is 29.3 Å². The first-order chi connectivity index (χ1) is 15.4. The third kappa shape index (κ3) is 4.85. The maximum atomic E-state index is 12.8. The van der Waals surface area contributed by atoms with Crippen LogP contribution >= 0.6 is 0 Å². The Bertz CT molecular complexity index is 1010. The highest BCUT2D eigenvalue weighted by Crippen LogP contribution is 2.31. The molecule has 168 valence electrons. The van der Waals surface area contributed by atoms with Gasteiger partial charge in [-0.15, -0.1) is 0 Å². The fraction of sp³-hybridized carbons (Fsp3) is 0.375. The van der Waals surface area contributed by atoms with Gasteiger partial charge in [-0.25, -0.2) is 0 Å². The van der Waals surface area contributed by atoms with Gasteiger partial charge in [0.1, 0.15) is 6.61 Å². The molecule has 2 heterocycles. The maximum Gasteiger partial charge on any atom is 0.267 e. The van der Waals surface area contributed by atoms with Crippen molar-refractivity contribution in [3.05, 3.63) is 59.2 Å². The molecular weight excluding hydrogens is 410 g/mol. The number of hydrogen-bond acceptors (Lipinski definition) is 5. The summed E-state index contributed by atoms with van der Waals surface area (Å²) < 4.78 is 11.4. The van der Waals surface area contributed by atoms with E-state index >= 15 is 0 Å². The Morgan fingerprint density at radius 2 is 1.56 bits per heavy atom. The second-order valence-electron chi connectivity index (χ2n) is 8.13. The first-order valence-corrected chi connectivity index (χ1v) is 10.7. The van der Waals surface area contributed by atoms with Crippen LogP contribution in [0.25, 0.3) is 0 Å². The largest absolute Gasteiger partial charge is 0.485 e. The minimum atomic E-state index is -0.691. The SMILES string of the molecule is Cc1cc(C)cc(C(=O)NCC(=O)N2CCN(C(=O)C3COc4ccccc4O3)CC2)c1. The number of aryl methyl sites for hydroxylation is 2. The van der Waals surface area contributed by atoms with Crippen LogP contribution in [0.3, 0.4) is 0 Å². The summed E-state index contributed by atoms with van der Waals surface area (Å²) in [4.78, 5) is 41.1. The van der Waals surface area contributed by atoms with Crippen molar-refractivity contribution in [3.63, 3.8) is 0 Å². The van der Waals surface area contributed by atoms with Crippen LogP contribution in [-0.4, -0.2) is 73.0 Å². The second-order valence-corrected chi connectivity index (χ2v) is 8.13. The molecule has 1 unspecified atom stereocenters. The summed E-state index contributed by atoms with van der Waals surface area (Å²) in [5, 5.41) is 2.70. The van der Waals surface area contributed by atoms with E-state index in [-0.39, 0.29) is 30.9 Å². The van der Waals surface area contributed by atoms with Crippen molar-refractivity contribution in [2.75, 3.05) is 39.3 Å². The highest BCUT2D eigenvalue weighted by Gasteiger charge is 2.33. The smallest absolute Gasteiger partial charge is 0.267 e. The highest BCUT2D eigenvalue weighted by molar-refractivity contribution is 5.96. The molecule has 0 aliphatic carbocycles. The average Bonchev–Trinajstić information content (AvgIpc) is 2.81. The number of nitrogens with zero attached hydrogens (tertiary/aromatic N) is 2. The van der Waals surface area contributed by atoms with E-state index in [0.29, 0.717) is 43.2 Å². The van der Waals surface area contributed by atoms with Crippen LogP contribution in [-0.2, 0) is 9.59 Å². The molecule has 2 aromatic carbocycles. The monoisotopic (exact) mass is 437 g/mol. The number of fused-ring (bicyclic) bond motifs is 1. The van der Waals surface area contributed by atoms with Crippen LogP contribution < -0.4 is 14.8 Å². The number of nitrogens with one attached hydrogen (secondary N) is 1. The fourth-order valence-electron chi connectivity index (χ4n) is 4.00. The Kier molecular flexibility index (Phi) is 6.30. The number of ether oxygens (including phenoxy) is 2. The van der Waals surface area contributed by atoms with E-state index in [4.69, 9.17) is 9.47 Å². The van der Waals surface area contributed by atoms with Gasteiger partial charge in [0.2, 0.25) is 12.0 Å². The molecule has 2 aliphatic heterocycles. The molecule has 0 spiro atoms. The van der Waals surface area contributed by atoms with Crippen LogP contribution in [0.5, 0.6) is 11.5 Å². The molecule has 2 aromatic rings. The van der Waals surface area contributed by atoms with Gasteiger partial charge in [0.15, 0.2) is 11.5 Å². The highest BCUT2D eigenvalue weighted by atomic mass is 16.6. The van der Waals surface area contributed by atoms with E-state index < -0.39 is 6.10 Å². The molecule has 0 radical (unpaired) electrons. The molecular formula is C24H27N3O5. The Hall–Kier alpha value is -3.55. The van der Waals surface area contributed by atoms with Crippen molar-refractivity contribution >= 4 is 17.7 Å². The van der Waals surface area contributed by atoms with Gasteiger partial charge in [0.25, 0.3) is 11.8 Å². The molecule has 1 N–H and O–H groups in total. The predicted molar refractivity (Wildman–Crippen MR) is 118 cm³/mol. The van der Waals surface area contributed by atoms with Gasteiger partial charge < -0.3 is 24.6 Å². The quantitative estimate of drug-likeness (QED) is 0.784. The number of benzene rings is 2. The summed E-state index contributed by atoms with van der Waals surface area (Å²) in [6, 6.07) is 12.9. The molecule has 0 bridgehead atoms. The van der Waals surface area contributed by atoms with Crippen molar-refractivity contribution in [2.24, 2.45) is 0 Å². The Morgan fingerprint density at radius 3 is 2.25 bits per heavy atom. The van der Waals surface area contributed by atoms with Gasteiger partial charge in [0, 0.05) is 31.7 Å². The number of hydrogen-bond donors (Lipinski definition) is 1. The summed E-state index contributed by atoms with van der Waals surface area (Å²) in [5.74, 6) is 0.615. The molecule has 4 rings (SSSR count). The number of carbonyl (C=O) groups is 3. The minimum Gasteiger partial charge on any atom is -0.485 e. The molecule has 0 aromatic heterocycles. The van der Waals surface area contributed by atoms with Gasteiger partial charge >= 0.3 is 0 Å². The third-order valence-electron chi connectivity index (χ3n) is 5.61. The summed E-state index contributed by atoms with van der Waals surface area (Å²) >= 11 is 0. The lowest BCUT2D eigenvalue weighted by molar-refractivity contribution is -0.146. The fourth-order valence-corrected chi connectivity index (χ4v) is 4.00. The standard InChI is InChI=1S/C24H27N3O5/c1-16-11-17(2)13-18(12-16)23(29)25-14-22(28)26-7-9-27(10-8-26)24(30)21-15-31-19-5-3-4-6-20(19)32-21/h3-6,11-13,21H,7-10,14-15H2,1-2H3,(H,25,29). The van der Waals surface area contributed by atoms with Crippen LogP contribution in [0, 0.1) is 13.8 Å². The topological polar surface area (TPSA) is 88.2 Å². The van der Waals surface area contributed by atoms with Gasteiger partial charge in [-0.2, -0.15) is 0 Å². The molecule has 1 atom stereocenters. The molecule has 3 amide bonds. The van der Waals surface area contributed by atoms with E-state index in [2.05, 4.69) is 5.32 Å². The van der Waals surface area contributed by atoms with Gasteiger partial charge in [-0.3, -0.25) is 14.4 Å². The number of piperazine rings is 1. The number of rotatable bonds is 4. The maximum absolute atomic E-state index is 12.8. The van der Waals surface area contributed by atoms with E-state index in [1.54, 1.807) is 34.1 Å². The zero-order chi connectivity index (χ0) is 22.7. The first-order valence-electron chi connectivity index (χ1n) is 10.7. The van der Waals surface area contributed by atoms with Crippen LogP contribution in [0.2, 0.25) is 0 Å². The van der Waals surface area contributed by atoms with E-state index in [1.807, 2.05) is 32.0 Å². The normalized spacial score (nSPS) is 17.6. The zero-order valence-corrected chi connectivity index (χ0v) is 18.3. The summed E-state index contributed by atoms with van der Waals surface area (Å²) in [7, 11) is 0. The van der Waals surface area contributed by atoms with Gasteiger partial charge in [0.05, 0.1) is 6.54 Å². The first kappa shape index (κ1) is 21.7. The lowest BCUT2D eigenvalue weighted by atomic mass is 10.1. The van der Waals surface area contributed by atoms with Crippen molar-refractivity contribution in [1.29, 1.82) is 0 Å². The summed E-state index contributed by atoms with van der Waals surface area (Å²) in [5.41, 5.74) is 2.54. The minimum absolute atomic E-state index is 0.0733. The lowest BCUT2D eigenvalue weighted by Gasteiger charge is -2.37. The Morgan fingerprint density at radius 1 is 0.938 bits per heavy atom. The molecule has 1 fully saturated rings. The van der Waals surface area contributed by atoms with Crippen molar-refractivity contribution in [3.8, 4) is 11.5 Å². The second kappa shape index (κ2) is 9.30. The number of para-hydroxylation sites is 2. The lowest BCUT2D eigenvalue weighted by Crippen LogP contribution is -2.56. The van der Waals surface area contributed by atoms with Crippen LogP contribution in [0.15, 0.2) is 42.5 Å². The van der Waals surface area contributed by atoms with Gasteiger partial charge in [-0.05, 0) is 38.1 Å². The van der Waals surface area contributed by atoms with E-state index in [0.717, 1.165) is 11.1 Å². The van der Waals surface area contributed by atoms with Crippen molar-refractivity contribution in [1.82, 2.24) is 15.1 Å². The summed E-state index contributed by atoms with van der Waals surface area (Å²) in [6.45, 7) is 5.60. The molecule has 1 saturated heterocycles. The molecule has 0 saturated carbocycles. The molecule has 8 nitrogen and oxygen atoms in total. The average molecular weight is 437 g/mol. The number of amides is 3. The van der Waals surface area contributed by atoms with E-state index in [9.17, 15) is 14.4 Å². The predicted octanol–water partition coefficient (Wildman–Crippen LogP) is 1.54. The molecule has 2 aliphatic rings. The number of carbonyl (C=O) groups excluding carboxylic acids is 3. The summed E-state index contributed by atoms with van der Waals surface area (Å²) in [6.07, 6.45) is -0.691. The van der Waals surface area contributed by atoms with Crippen LogP contribution in [0.4, 0.5) is 0 Å². The molecule has 8 heteroatoms. The zero-order valence-electron chi connectivity index (χ0n) is 18.3. The van der Waals surface area contributed by atoms with Crippen LogP contribution in [0.1, 0.15) is 21.5 Å². The Labute approximate surface area is 187 Å². The Balaban J connectivity index is 1.25.